The van der Waals surface area contributed by atoms with Crippen molar-refractivity contribution in [1.82, 2.24) is 14.6 Å². The highest BCUT2D eigenvalue weighted by atomic mass is 16.3. The first-order valence-electron chi connectivity index (χ1n) is 8.57. The minimum absolute atomic E-state index is 0.0116. The summed E-state index contributed by atoms with van der Waals surface area (Å²) in [5.74, 6) is -0.116. The number of nitrogens with one attached hydrogen (secondary N) is 1. The molecule has 0 aliphatic heterocycles. The fourth-order valence-corrected chi connectivity index (χ4v) is 3.01. The fraction of sp³-hybridized carbons (Fsp3) is 0.0952. The van der Waals surface area contributed by atoms with Crippen LogP contribution < -0.4 is 5.32 Å². The summed E-state index contributed by atoms with van der Waals surface area (Å²) >= 11 is 0. The van der Waals surface area contributed by atoms with Crippen LogP contribution in [0, 0.1) is 0 Å². The smallest absolute Gasteiger partial charge is 0.221 e. The molecule has 2 aromatic carbocycles. The minimum atomic E-state index is -0.116. The molecule has 0 saturated heterocycles. The third-order valence-electron chi connectivity index (χ3n) is 4.25. The number of fused-ring (bicyclic) bond motifs is 1. The van der Waals surface area contributed by atoms with Crippen LogP contribution in [0.5, 0.6) is 0 Å². The van der Waals surface area contributed by atoms with Gasteiger partial charge in [-0.25, -0.2) is 9.50 Å². The van der Waals surface area contributed by atoms with Gasteiger partial charge in [0.15, 0.2) is 5.65 Å². The van der Waals surface area contributed by atoms with Gasteiger partial charge in [-0.05, 0) is 35.9 Å². The molecule has 6 heteroatoms. The van der Waals surface area contributed by atoms with E-state index >= 15 is 0 Å². The largest absolute Gasteiger partial charge is 0.392 e. The van der Waals surface area contributed by atoms with Gasteiger partial charge >= 0.3 is 0 Å². The number of aromatic nitrogens is 3. The maximum atomic E-state index is 11.3. The number of rotatable bonds is 4. The molecule has 0 atom stereocenters. The van der Waals surface area contributed by atoms with E-state index in [1.54, 1.807) is 10.7 Å². The molecule has 1 amide bonds. The topological polar surface area (TPSA) is 79.5 Å². The maximum absolute atomic E-state index is 11.3. The number of hydrogen-bond donors (Lipinski definition) is 2. The molecular weight excluding hydrogens is 340 g/mol. The lowest BCUT2D eigenvalue weighted by molar-refractivity contribution is -0.114. The second-order valence-electron chi connectivity index (χ2n) is 6.25. The van der Waals surface area contributed by atoms with Gasteiger partial charge in [-0.1, -0.05) is 30.3 Å². The summed E-state index contributed by atoms with van der Waals surface area (Å²) in [5.41, 5.74) is 5.74. The van der Waals surface area contributed by atoms with E-state index in [0.717, 1.165) is 39.4 Å². The molecule has 0 unspecified atom stereocenters. The Hall–Kier alpha value is -3.51. The van der Waals surface area contributed by atoms with Crippen molar-refractivity contribution in [2.24, 2.45) is 0 Å². The number of carbonyl (C=O) groups excluding carboxylic acids is 1. The Bertz CT molecular complexity index is 1130. The molecule has 0 aliphatic carbocycles. The lowest BCUT2D eigenvalue weighted by atomic mass is 10.1. The molecule has 0 spiro atoms. The Kier molecular flexibility index (Phi) is 4.40. The van der Waals surface area contributed by atoms with Crippen molar-refractivity contribution >= 4 is 17.2 Å². The van der Waals surface area contributed by atoms with Gasteiger partial charge in [0.1, 0.15) is 0 Å². The highest BCUT2D eigenvalue weighted by molar-refractivity contribution is 5.89. The van der Waals surface area contributed by atoms with Crippen LogP contribution in [0.15, 0.2) is 66.9 Å². The van der Waals surface area contributed by atoms with Crippen LogP contribution in [0.4, 0.5) is 5.69 Å². The zero-order valence-electron chi connectivity index (χ0n) is 14.8. The number of anilines is 1. The second kappa shape index (κ2) is 7.01. The highest BCUT2D eigenvalue weighted by Crippen LogP contribution is 2.25. The van der Waals surface area contributed by atoms with Crippen molar-refractivity contribution in [2.75, 3.05) is 5.32 Å². The van der Waals surface area contributed by atoms with Crippen molar-refractivity contribution in [3.05, 3.63) is 72.4 Å². The van der Waals surface area contributed by atoms with Crippen molar-refractivity contribution in [1.29, 1.82) is 0 Å². The predicted molar refractivity (Wildman–Crippen MR) is 104 cm³/mol. The SMILES string of the molecule is CC(=O)Nc1cccc(-c2cnc3ccc(-c4cccc(CO)c4)nn23)c1. The van der Waals surface area contributed by atoms with Crippen LogP contribution in [0.25, 0.3) is 28.2 Å². The zero-order valence-corrected chi connectivity index (χ0v) is 14.8. The molecule has 0 radical (unpaired) electrons. The van der Waals surface area contributed by atoms with Crippen molar-refractivity contribution in [3.63, 3.8) is 0 Å². The van der Waals surface area contributed by atoms with Crippen molar-refractivity contribution < 1.29 is 9.90 Å². The zero-order chi connectivity index (χ0) is 18.8. The molecule has 4 aromatic rings. The number of benzene rings is 2. The molecule has 0 aliphatic rings. The lowest BCUT2D eigenvalue weighted by Crippen LogP contribution is -2.05. The second-order valence-corrected chi connectivity index (χ2v) is 6.25. The third-order valence-corrected chi connectivity index (χ3v) is 4.25. The molecule has 0 fully saturated rings. The van der Waals surface area contributed by atoms with Gasteiger partial charge in [0, 0.05) is 23.7 Å². The quantitative estimate of drug-likeness (QED) is 0.585. The maximum Gasteiger partial charge on any atom is 0.221 e. The monoisotopic (exact) mass is 358 g/mol. The molecule has 27 heavy (non-hydrogen) atoms. The number of amides is 1. The average molecular weight is 358 g/mol. The fourth-order valence-electron chi connectivity index (χ4n) is 3.01. The molecular formula is C21H18N4O2. The molecule has 134 valence electrons. The summed E-state index contributed by atoms with van der Waals surface area (Å²) in [5, 5.41) is 16.9. The van der Waals surface area contributed by atoms with Gasteiger partial charge in [0.2, 0.25) is 5.91 Å². The number of carbonyl (C=O) groups is 1. The van der Waals surface area contributed by atoms with E-state index in [1.165, 1.54) is 6.92 Å². The number of hydrogen-bond acceptors (Lipinski definition) is 4. The van der Waals surface area contributed by atoms with Gasteiger partial charge in [0.25, 0.3) is 0 Å². The Labute approximate surface area is 156 Å². The van der Waals surface area contributed by atoms with Crippen molar-refractivity contribution in [2.45, 2.75) is 13.5 Å². The molecule has 4 rings (SSSR count). The van der Waals surface area contributed by atoms with Crippen LogP contribution in [-0.2, 0) is 11.4 Å². The predicted octanol–water partition coefficient (Wildman–Crippen LogP) is 3.51. The summed E-state index contributed by atoms with van der Waals surface area (Å²) in [6, 6.07) is 19.1. The summed E-state index contributed by atoms with van der Waals surface area (Å²) in [7, 11) is 0. The molecule has 2 aromatic heterocycles. The van der Waals surface area contributed by atoms with E-state index in [1.807, 2.05) is 60.7 Å². The summed E-state index contributed by atoms with van der Waals surface area (Å²) < 4.78 is 1.79. The average Bonchev–Trinajstić information content (AvgIpc) is 3.11. The Morgan fingerprint density at radius 1 is 1.07 bits per heavy atom. The lowest BCUT2D eigenvalue weighted by Gasteiger charge is -2.07. The normalized spacial score (nSPS) is 10.9. The molecule has 0 bridgehead atoms. The molecule has 2 heterocycles. The van der Waals surface area contributed by atoms with E-state index in [0.29, 0.717) is 0 Å². The van der Waals surface area contributed by atoms with E-state index in [2.05, 4.69) is 10.3 Å². The van der Waals surface area contributed by atoms with Gasteiger partial charge in [-0.3, -0.25) is 4.79 Å². The number of aliphatic hydroxyl groups is 1. The van der Waals surface area contributed by atoms with E-state index in [9.17, 15) is 9.90 Å². The van der Waals surface area contributed by atoms with Crippen LogP contribution >= 0.6 is 0 Å². The van der Waals surface area contributed by atoms with Gasteiger partial charge in [-0.2, -0.15) is 5.10 Å². The highest BCUT2D eigenvalue weighted by Gasteiger charge is 2.10. The molecule has 0 saturated carbocycles. The van der Waals surface area contributed by atoms with E-state index < -0.39 is 0 Å². The van der Waals surface area contributed by atoms with Crippen LogP contribution in [0.1, 0.15) is 12.5 Å². The van der Waals surface area contributed by atoms with Crippen LogP contribution in [0.3, 0.4) is 0 Å². The van der Waals surface area contributed by atoms with Gasteiger partial charge in [-0.15, -0.1) is 0 Å². The number of imidazole rings is 1. The van der Waals surface area contributed by atoms with Crippen LogP contribution in [0.2, 0.25) is 0 Å². The van der Waals surface area contributed by atoms with E-state index in [4.69, 9.17) is 5.10 Å². The first-order chi connectivity index (χ1) is 13.1. The first kappa shape index (κ1) is 16.9. The summed E-state index contributed by atoms with van der Waals surface area (Å²) in [6.45, 7) is 1.47. The summed E-state index contributed by atoms with van der Waals surface area (Å²) in [6.07, 6.45) is 1.77. The summed E-state index contributed by atoms with van der Waals surface area (Å²) in [4.78, 5) is 15.7. The van der Waals surface area contributed by atoms with Crippen LogP contribution in [-0.4, -0.2) is 25.6 Å². The Morgan fingerprint density at radius 2 is 1.89 bits per heavy atom. The van der Waals surface area contributed by atoms with Gasteiger partial charge < -0.3 is 10.4 Å². The van der Waals surface area contributed by atoms with Crippen molar-refractivity contribution in [3.8, 4) is 22.5 Å². The Morgan fingerprint density at radius 3 is 2.70 bits per heavy atom. The number of aliphatic hydroxyl groups excluding tert-OH is 1. The standard InChI is InChI=1S/C21H18N4O2/c1-14(27)23-18-7-3-6-17(11-18)20-12-22-21-9-8-19(24-25(20)21)16-5-2-4-15(10-16)13-26/h2-12,26H,13H2,1H3,(H,23,27). The molecule has 2 N–H and O–H groups in total. The molecule has 6 nitrogen and oxygen atoms in total. The Balaban J connectivity index is 1.80. The van der Waals surface area contributed by atoms with E-state index in [-0.39, 0.29) is 12.5 Å². The number of nitrogens with zero attached hydrogens (tertiary/aromatic N) is 3. The van der Waals surface area contributed by atoms with Gasteiger partial charge in [0.05, 0.1) is 24.2 Å². The third kappa shape index (κ3) is 3.43. The first-order valence-corrected chi connectivity index (χ1v) is 8.57. The minimum Gasteiger partial charge on any atom is -0.392 e.